The third-order valence-corrected chi connectivity index (χ3v) is 4.69. The zero-order valence-corrected chi connectivity index (χ0v) is 14.9. The lowest BCUT2D eigenvalue weighted by Gasteiger charge is -2.12. The van der Waals surface area contributed by atoms with Crippen molar-refractivity contribution in [3.05, 3.63) is 57.7 Å². The molecule has 2 heterocycles. The molecule has 3 rings (SSSR count). The first-order valence-corrected chi connectivity index (χ1v) is 8.53. The van der Waals surface area contributed by atoms with Gasteiger partial charge in [-0.3, -0.25) is 0 Å². The molecule has 6 heteroatoms. The molecule has 116 valence electrons. The largest absolute Gasteiger partial charge is 0.378 e. The average molecular weight is 352 g/mol. The van der Waals surface area contributed by atoms with Gasteiger partial charge in [0.15, 0.2) is 5.13 Å². The molecule has 0 radical (unpaired) electrons. The zero-order valence-electron chi connectivity index (χ0n) is 12.4. The predicted octanol–water partition coefficient (Wildman–Crippen LogP) is 5.03. The molecule has 0 bridgehead atoms. The van der Waals surface area contributed by atoms with Crippen LogP contribution in [-0.2, 0) is 6.42 Å². The van der Waals surface area contributed by atoms with Crippen LogP contribution in [0.1, 0.15) is 11.3 Å². The molecule has 0 aliphatic rings. The molecule has 0 amide bonds. The van der Waals surface area contributed by atoms with E-state index >= 15 is 0 Å². The van der Waals surface area contributed by atoms with E-state index in [2.05, 4.69) is 61.7 Å². The number of aromatic nitrogens is 1. The molecule has 0 aliphatic heterocycles. The second-order valence-corrected chi connectivity index (χ2v) is 6.66. The van der Waals surface area contributed by atoms with Gasteiger partial charge in [0.2, 0.25) is 0 Å². The molecule has 1 N–H and O–H groups in total. The van der Waals surface area contributed by atoms with Crippen LogP contribution >= 0.6 is 35.1 Å². The Morgan fingerprint density at radius 3 is 2.50 bits per heavy atom. The molecule has 2 aromatic heterocycles. The molecule has 0 saturated heterocycles. The summed E-state index contributed by atoms with van der Waals surface area (Å²) >= 11 is 3.38. The fourth-order valence-corrected chi connectivity index (χ4v) is 3.41. The Morgan fingerprint density at radius 2 is 1.86 bits per heavy atom. The maximum Gasteiger partial charge on any atom is 0.187 e. The van der Waals surface area contributed by atoms with Crippen LogP contribution in [0.4, 0.5) is 16.5 Å². The number of anilines is 3. The van der Waals surface area contributed by atoms with Crippen LogP contribution in [0.2, 0.25) is 0 Å². The lowest BCUT2D eigenvalue weighted by Crippen LogP contribution is -2.08. The predicted molar refractivity (Wildman–Crippen MR) is 101 cm³/mol. The van der Waals surface area contributed by atoms with E-state index in [1.165, 1.54) is 11.3 Å². The Hall–Kier alpha value is -1.56. The summed E-state index contributed by atoms with van der Waals surface area (Å²) in [6.07, 6.45) is 0.904. The van der Waals surface area contributed by atoms with Crippen molar-refractivity contribution in [3.63, 3.8) is 0 Å². The number of nitrogens with one attached hydrogen (secondary N) is 1. The van der Waals surface area contributed by atoms with Crippen LogP contribution in [0.3, 0.4) is 0 Å². The zero-order chi connectivity index (χ0) is 14.7. The second kappa shape index (κ2) is 7.63. The van der Waals surface area contributed by atoms with Gasteiger partial charge in [-0.1, -0.05) is 0 Å². The van der Waals surface area contributed by atoms with E-state index < -0.39 is 0 Å². The Morgan fingerprint density at radius 1 is 1.09 bits per heavy atom. The van der Waals surface area contributed by atoms with Crippen molar-refractivity contribution in [1.29, 1.82) is 0 Å². The van der Waals surface area contributed by atoms with Crippen LogP contribution in [0.25, 0.3) is 0 Å². The standard InChI is InChI=1S/C16H17N3S2.ClH/c1-19(2)15-5-3-13(4-6-15)17-16-18-14(11-21-16)9-12-7-8-20-10-12;/h3-8,10-11H,9H2,1-2H3,(H,17,18);1H. The number of nitrogens with zero attached hydrogens (tertiary/aromatic N) is 2. The highest BCUT2D eigenvalue weighted by atomic mass is 35.5. The highest BCUT2D eigenvalue weighted by Gasteiger charge is 2.04. The van der Waals surface area contributed by atoms with E-state index in [9.17, 15) is 0 Å². The van der Waals surface area contributed by atoms with Gasteiger partial charge in [-0.05, 0) is 46.7 Å². The highest BCUT2D eigenvalue weighted by Crippen LogP contribution is 2.24. The van der Waals surface area contributed by atoms with Crippen LogP contribution in [0.15, 0.2) is 46.5 Å². The third-order valence-electron chi connectivity index (χ3n) is 3.15. The van der Waals surface area contributed by atoms with Crippen molar-refractivity contribution in [2.75, 3.05) is 24.3 Å². The van der Waals surface area contributed by atoms with Gasteiger partial charge in [0.05, 0.1) is 5.69 Å². The van der Waals surface area contributed by atoms with Gasteiger partial charge in [-0.25, -0.2) is 4.98 Å². The molecule has 3 aromatic rings. The van der Waals surface area contributed by atoms with Crippen molar-refractivity contribution in [3.8, 4) is 0 Å². The summed E-state index contributed by atoms with van der Waals surface area (Å²) in [4.78, 5) is 6.73. The lowest BCUT2D eigenvalue weighted by molar-refractivity contribution is 1.12. The molecule has 0 saturated carbocycles. The van der Waals surface area contributed by atoms with E-state index in [0.29, 0.717) is 0 Å². The maximum absolute atomic E-state index is 4.64. The van der Waals surface area contributed by atoms with Crippen molar-refractivity contribution in [2.24, 2.45) is 0 Å². The first kappa shape index (κ1) is 16.8. The monoisotopic (exact) mass is 351 g/mol. The summed E-state index contributed by atoms with van der Waals surface area (Å²) < 4.78 is 0. The summed E-state index contributed by atoms with van der Waals surface area (Å²) in [5, 5.41) is 10.7. The molecule has 0 spiro atoms. The van der Waals surface area contributed by atoms with Gasteiger partial charge < -0.3 is 10.2 Å². The van der Waals surface area contributed by atoms with Gasteiger partial charge in [0, 0.05) is 37.3 Å². The molecule has 0 fully saturated rings. The van der Waals surface area contributed by atoms with E-state index in [-0.39, 0.29) is 12.4 Å². The number of rotatable bonds is 5. The van der Waals surface area contributed by atoms with Gasteiger partial charge in [-0.2, -0.15) is 11.3 Å². The van der Waals surface area contributed by atoms with Crippen LogP contribution in [0.5, 0.6) is 0 Å². The number of thiazole rings is 1. The lowest BCUT2D eigenvalue weighted by atomic mass is 10.2. The van der Waals surface area contributed by atoms with Gasteiger partial charge in [0.1, 0.15) is 0 Å². The SMILES string of the molecule is CN(C)c1ccc(Nc2nc(Cc3ccsc3)cs2)cc1.Cl. The number of benzene rings is 1. The minimum Gasteiger partial charge on any atom is -0.378 e. The molecule has 0 atom stereocenters. The summed E-state index contributed by atoms with van der Waals surface area (Å²) in [5.74, 6) is 0. The molecule has 22 heavy (non-hydrogen) atoms. The van der Waals surface area contributed by atoms with Crippen molar-refractivity contribution < 1.29 is 0 Å². The Kier molecular flexibility index (Phi) is 5.83. The Bertz CT molecular complexity index is 691. The van der Waals surface area contributed by atoms with E-state index in [4.69, 9.17) is 0 Å². The van der Waals surface area contributed by atoms with Crippen molar-refractivity contribution in [1.82, 2.24) is 4.98 Å². The summed E-state index contributed by atoms with van der Waals surface area (Å²) in [6.45, 7) is 0. The summed E-state index contributed by atoms with van der Waals surface area (Å²) in [7, 11) is 4.08. The van der Waals surface area contributed by atoms with Gasteiger partial charge in [-0.15, -0.1) is 23.7 Å². The number of hydrogen-bond acceptors (Lipinski definition) is 5. The first-order chi connectivity index (χ1) is 10.2. The maximum atomic E-state index is 4.64. The second-order valence-electron chi connectivity index (χ2n) is 5.02. The van der Waals surface area contributed by atoms with Crippen LogP contribution in [0, 0.1) is 0 Å². The molecular weight excluding hydrogens is 334 g/mol. The molecule has 0 unspecified atom stereocenters. The minimum atomic E-state index is 0. The number of hydrogen-bond donors (Lipinski definition) is 1. The minimum absolute atomic E-state index is 0. The van der Waals surface area contributed by atoms with Crippen LogP contribution < -0.4 is 10.2 Å². The number of thiophene rings is 1. The van der Waals surface area contributed by atoms with Gasteiger partial charge >= 0.3 is 0 Å². The molecular formula is C16H18ClN3S2. The Balaban J connectivity index is 0.00000176. The van der Waals surface area contributed by atoms with Crippen molar-refractivity contribution in [2.45, 2.75) is 6.42 Å². The third kappa shape index (κ3) is 4.22. The Labute approximate surface area is 145 Å². The smallest absolute Gasteiger partial charge is 0.187 e. The fraction of sp³-hybridized carbons (Fsp3) is 0.188. The van der Waals surface area contributed by atoms with Crippen LogP contribution in [-0.4, -0.2) is 19.1 Å². The van der Waals surface area contributed by atoms with Gasteiger partial charge in [0.25, 0.3) is 0 Å². The molecule has 3 nitrogen and oxygen atoms in total. The molecule has 0 aliphatic carbocycles. The fourth-order valence-electron chi connectivity index (χ4n) is 2.01. The average Bonchev–Trinajstić information content (AvgIpc) is 3.12. The summed E-state index contributed by atoms with van der Waals surface area (Å²) in [6, 6.07) is 10.5. The normalized spacial score (nSPS) is 10.1. The summed E-state index contributed by atoms with van der Waals surface area (Å²) in [5.41, 5.74) is 4.70. The topological polar surface area (TPSA) is 28.2 Å². The molecule has 1 aromatic carbocycles. The van der Waals surface area contributed by atoms with E-state index in [1.807, 2.05) is 14.1 Å². The number of halogens is 1. The van der Waals surface area contributed by atoms with E-state index in [0.717, 1.165) is 22.9 Å². The van der Waals surface area contributed by atoms with E-state index in [1.54, 1.807) is 22.7 Å². The highest BCUT2D eigenvalue weighted by molar-refractivity contribution is 7.13. The quantitative estimate of drug-likeness (QED) is 0.699. The van der Waals surface area contributed by atoms with Crippen molar-refractivity contribution >= 4 is 51.6 Å². The first-order valence-electron chi connectivity index (χ1n) is 6.70.